The molecule has 5 rings (SSSR count). The summed E-state index contributed by atoms with van der Waals surface area (Å²) in [4.78, 5) is 26.9. The monoisotopic (exact) mass is 500 g/mol. The molecule has 4 heterocycles. The predicted octanol–water partition coefficient (Wildman–Crippen LogP) is -0.420. The topological polar surface area (TPSA) is 201 Å². The van der Waals surface area contributed by atoms with Crippen LogP contribution >= 0.6 is 0 Å². The maximum atomic E-state index is 11.3. The van der Waals surface area contributed by atoms with E-state index >= 15 is 0 Å². The number of rotatable bonds is 5. The number of phenols is 3. The Kier molecular flexibility index (Phi) is 10.4. The van der Waals surface area contributed by atoms with Gasteiger partial charge in [-0.2, -0.15) is 0 Å². The number of carbonyl (C=O) groups is 2. The van der Waals surface area contributed by atoms with Crippen molar-refractivity contribution in [2.75, 3.05) is 52.5 Å². The number of carbonyl (C=O) groups excluding carboxylic acids is 2. The van der Waals surface area contributed by atoms with Crippen molar-refractivity contribution in [1.82, 2.24) is 9.80 Å². The lowest BCUT2D eigenvalue weighted by molar-refractivity contribution is -0.147. The Labute approximate surface area is 201 Å². The summed E-state index contributed by atoms with van der Waals surface area (Å²) in [7, 11) is 0. The Balaban J connectivity index is 0.000000193. The molecule has 35 heavy (non-hydrogen) atoms. The normalized spacial score (nSPS) is 23.4. The number of phenolic OH excluding ortho intramolecular Hbond substituents is 3. The summed E-state index contributed by atoms with van der Waals surface area (Å²) in [5.41, 5.74) is -0.00347. The number of aliphatic hydroxyl groups excluding tert-OH is 4. The quantitative estimate of drug-likeness (QED) is 0.203. The van der Waals surface area contributed by atoms with E-state index in [4.69, 9.17) is 40.5 Å². The lowest BCUT2D eigenvalue weighted by Crippen LogP contribution is -2.55. The molecule has 0 aliphatic carbocycles. The Bertz CT molecular complexity index is 867. The van der Waals surface area contributed by atoms with Crippen LogP contribution in [-0.4, -0.2) is 122 Å². The molecule has 13 nitrogen and oxygen atoms in total. The summed E-state index contributed by atoms with van der Waals surface area (Å²) in [5, 5.41) is 62.4. The van der Waals surface area contributed by atoms with Crippen molar-refractivity contribution in [3.8, 4) is 17.2 Å². The molecule has 2 atom stereocenters. The van der Waals surface area contributed by atoms with E-state index in [0.29, 0.717) is 6.42 Å². The summed E-state index contributed by atoms with van der Waals surface area (Å²) in [6.45, 7) is 9.36. The van der Waals surface area contributed by atoms with Crippen LogP contribution in [0.1, 0.15) is 23.7 Å². The van der Waals surface area contributed by atoms with Crippen molar-refractivity contribution >= 4 is 11.9 Å². The predicted molar refractivity (Wildman–Crippen MR) is 120 cm³/mol. The first-order chi connectivity index (χ1) is 16.6. The van der Waals surface area contributed by atoms with Crippen molar-refractivity contribution in [2.45, 2.75) is 25.6 Å². The fourth-order valence-corrected chi connectivity index (χ4v) is 3.34. The number of hydrogen-bond acceptors (Lipinski definition) is 13. The number of esters is 2. The molecule has 0 spiro atoms. The zero-order valence-corrected chi connectivity index (χ0v) is 19.3. The van der Waals surface area contributed by atoms with Gasteiger partial charge in [0, 0.05) is 39.3 Å². The smallest absolute Gasteiger partial charge is 0.377 e. The second-order valence-electron chi connectivity index (χ2n) is 7.99. The average molecular weight is 501 g/mol. The van der Waals surface area contributed by atoms with Crippen LogP contribution in [-0.2, 0) is 14.3 Å². The van der Waals surface area contributed by atoms with Crippen molar-refractivity contribution in [3.63, 3.8) is 0 Å². The number of ether oxygens (including phenoxy) is 2. The van der Waals surface area contributed by atoms with Crippen LogP contribution in [0.25, 0.3) is 0 Å². The standard InChI is InChI=1S/C10H12O5.C6H12N2.C6H8O6/c1-2-3-15-10(14)6-4-7(11)9(13)8(12)5-6;1-2-8-5-3-7(1)4-6-8;7-1-2(8)5-3(9)4(10)6(11)12-5/h4-5,11-13H,2-3H2,1H3;1-6H2;2,5,7-10H,1H2/t;;2-,5+/m..0/s1. The third-order valence-corrected chi connectivity index (χ3v) is 5.42. The molecule has 1 aromatic carbocycles. The van der Waals surface area contributed by atoms with Gasteiger partial charge in [-0.25, -0.2) is 9.59 Å². The van der Waals surface area contributed by atoms with E-state index in [9.17, 15) is 9.59 Å². The highest BCUT2D eigenvalue weighted by Crippen LogP contribution is 2.35. The van der Waals surface area contributed by atoms with Gasteiger partial charge in [0.25, 0.3) is 0 Å². The first kappa shape index (κ1) is 28.0. The largest absolute Gasteiger partial charge is 0.505 e. The molecule has 3 fully saturated rings. The van der Waals surface area contributed by atoms with Gasteiger partial charge in [-0.3, -0.25) is 9.80 Å². The minimum Gasteiger partial charge on any atom is -0.505 e. The summed E-state index contributed by atoms with van der Waals surface area (Å²) in [6.07, 6.45) is -2.09. The SMILES string of the molecule is C1CN2CCN1CC2.CCCOC(=O)c1cc(O)c(O)c(O)c1.O=C1O[C@H]([C@@H](O)CO)C(O)=C1O. The molecule has 1 aromatic rings. The van der Waals surface area contributed by atoms with Gasteiger partial charge in [0.2, 0.25) is 5.76 Å². The highest BCUT2D eigenvalue weighted by molar-refractivity contribution is 5.91. The van der Waals surface area contributed by atoms with Gasteiger partial charge in [-0.05, 0) is 18.6 Å². The molecule has 0 saturated carbocycles. The van der Waals surface area contributed by atoms with Gasteiger partial charge in [-0.1, -0.05) is 6.92 Å². The van der Waals surface area contributed by atoms with E-state index in [2.05, 4.69) is 14.5 Å². The zero-order valence-electron chi connectivity index (χ0n) is 19.3. The molecule has 3 saturated heterocycles. The first-order valence-corrected chi connectivity index (χ1v) is 11.1. The maximum Gasteiger partial charge on any atom is 0.377 e. The molecular weight excluding hydrogens is 468 g/mol. The number of benzene rings is 1. The molecule has 7 N–H and O–H groups in total. The molecule has 2 bridgehead atoms. The third-order valence-electron chi connectivity index (χ3n) is 5.42. The molecule has 0 radical (unpaired) electrons. The van der Waals surface area contributed by atoms with Crippen LogP contribution < -0.4 is 0 Å². The lowest BCUT2D eigenvalue weighted by Gasteiger charge is -2.41. The van der Waals surface area contributed by atoms with Crippen molar-refractivity contribution in [2.24, 2.45) is 0 Å². The molecule has 0 unspecified atom stereocenters. The second-order valence-corrected chi connectivity index (χ2v) is 7.99. The van der Waals surface area contributed by atoms with E-state index in [-0.39, 0.29) is 12.2 Å². The highest BCUT2D eigenvalue weighted by atomic mass is 16.6. The highest BCUT2D eigenvalue weighted by Gasteiger charge is 2.38. The number of nitrogens with zero attached hydrogens (tertiary/aromatic N) is 2. The minimum absolute atomic E-state index is 0.00347. The van der Waals surface area contributed by atoms with E-state index in [0.717, 1.165) is 12.1 Å². The fourth-order valence-electron chi connectivity index (χ4n) is 3.34. The second kappa shape index (κ2) is 13.0. The van der Waals surface area contributed by atoms with E-state index in [1.807, 2.05) is 6.92 Å². The molecule has 0 aromatic heterocycles. The van der Waals surface area contributed by atoms with Gasteiger partial charge >= 0.3 is 11.9 Å². The summed E-state index contributed by atoms with van der Waals surface area (Å²) >= 11 is 0. The van der Waals surface area contributed by atoms with Crippen LogP contribution in [0.5, 0.6) is 17.2 Å². The molecule has 13 heteroatoms. The van der Waals surface area contributed by atoms with Crippen LogP contribution in [0.2, 0.25) is 0 Å². The number of hydrogen-bond donors (Lipinski definition) is 7. The molecule has 4 aliphatic heterocycles. The van der Waals surface area contributed by atoms with Gasteiger partial charge in [-0.15, -0.1) is 0 Å². The number of aliphatic hydroxyl groups is 4. The zero-order chi connectivity index (χ0) is 26.1. The molecule has 4 aliphatic rings. The van der Waals surface area contributed by atoms with Gasteiger partial charge < -0.3 is 45.2 Å². The van der Waals surface area contributed by atoms with Crippen LogP contribution in [0, 0.1) is 0 Å². The Morgan fingerprint density at radius 2 is 1.51 bits per heavy atom. The summed E-state index contributed by atoms with van der Waals surface area (Å²) in [6, 6.07) is 2.07. The van der Waals surface area contributed by atoms with Gasteiger partial charge in [0.05, 0.1) is 18.8 Å². The fraction of sp³-hybridized carbons (Fsp3) is 0.545. The van der Waals surface area contributed by atoms with E-state index < -0.39 is 59.5 Å². The van der Waals surface area contributed by atoms with Gasteiger partial charge in [0.1, 0.15) is 6.10 Å². The van der Waals surface area contributed by atoms with Crippen molar-refractivity contribution in [3.05, 3.63) is 29.2 Å². The van der Waals surface area contributed by atoms with Crippen LogP contribution in [0.15, 0.2) is 23.7 Å². The summed E-state index contributed by atoms with van der Waals surface area (Å²) in [5.74, 6) is -5.19. The number of fused-ring (bicyclic) bond motifs is 3. The van der Waals surface area contributed by atoms with Crippen molar-refractivity contribution < 1.29 is 54.8 Å². The molecule has 0 amide bonds. The Morgan fingerprint density at radius 1 is 1.03 bits per heavy atom. The lowest BCUT2D eigenvalue weighted by atomic mass is 10.2. The number of cyclic esters (lactones) is 1. The summed E-state index contributed by atoms with van der Waals surface area (Å²) < 4.78 is 9.10. The van der Waals surface area contributed by atoms with Gasteiger partial charge in [0.15, 0.2) is 29.1 Å². The number of piperazine rings is 3. The minimum atomic E-state index is -1.42. The number of aromatic hydroxyl groups is 3. The van der Waals surface area contributed by atoms with E-state index in [1.54, 1.807) is 0 Å². The average Bonchev–Trinajstić information content (AvgIpc) is 3.14. The maximum absolute atomic E-state index is 11.3. The molecule has 196 valence electrons. The Morgan fingerprint density at radius 3 is 1.86 bits per heavy atom. The van der Waals surface area contributed by atoms with E-state index in [1.165, 1.54) is 39.3 Å². The van der Waals surface area contributed by atoms with Crippen molar-refractivity contribution in [1.29, 1.82) is 0 Å². The van der Waals surface area contributed by atoms with Crippen LogP contribution in [0.3, 0.4) is 0 Å². The molecular formula is C22H32N2O11. The first-order valence-electron chi connectivity index (χ1n) is 11.1. The third kappa shape index (κ3) is 7.62. The Hall–Kier alpha value is -3.26. The van der Waals surface area contributed by atoms with Crippen LogP contribution in [0.4, 0.5) is 0 Å².